The van der Waals surface area contributed by atoms with Crippen LogP contribution in [-0.4, -0.2) is 115 Å². The number of hydrogen-bond donors (Lipinski definition) is 8. The number of fused-ring (bicyclic) bond motifs is 1. The Labute approximate surface area is 231 Å². The number of ether oxygens (including phenoxy) is 5. The van der Waals surface area contributed by atoms with E-state index in [1.165, 1.54) is 18.2 Å². The highest BCUT2D eigenvalue weighted by Crippen LogP contribution is 2.43. The van der Waals surface area contributed by atoms with Gasteiger partial charge in [0.2, 0.25) is 6.29 Å². The molecule has 0 aromatic heterocycles. The smallest absolute Gasteiger partial charge is 0.335 e. The molecule has 15 nitrogen and oxygen atoms in total. The number of aliphatic hydroxyl groups is 5. The Bertz CT molecular complexity index is 1300. The van der Waals surface area contributed by atoms with Gasteiger partial charge in [0.05, 0.1) is 19.6 Å². The molecule has 0 spiro atoms. The molecular weight excluding hydrogens is 552 g/mol. The number of rotatable bonds is 7. The summed E-state index contributed by atoms with van der Waals surface area (Å²) in [6.07, 6.45) is -13.9. The van der Waals surface area contributed by atoms with Gasteiger partial charge in [-0.15, -0.1) is 0 Å². The van der Waals surface area contributed by atoms with Gasteiger partial charge in [-0.25, -0.2) is 4.79 Å². The second-order valence-electron chi connectivity index (χ2n) is 9.99. The van der Waals surface area contributed by atoms with Gasteiger partial charge in [-0.1, -0.05) is 12.1 Å². The fourth-order valence-electron chi connectivity index (χ4n) is 4.84. The van der Waals surface area contributed by atoms with Gasteiger partial charge in [-0.05, 0) is 17.7 Å². The molecule has 9 atom stereocenters. The van der Waals surface area contributed by atoms with Crippen molar-refractivity contribution in [3.63, 3.8) is 0 Å². The van der Waals surface area contributed by atoms with E-state index in [0.717, 1.165) is 6.07 Å². The Balaban J connectivity index is 1.34. The lowest BCUT2D eigenvalue weighted by Crippen LogP contribution is -2.63. The molecule has 0 amide bonds. The van der Waals surface area contributed by atoms with Crippen LogP contribution in [0.5, 0.6) is 23.0 Å². The zero-order valence-electron chi connectivity index (χ0n) is 21.1. The average molecular weight is 580 g/mol. The zero-order valence-corrected chi connectivity index (χ0v) is 21.1. The number of hydrogen-bond acceptors (Lipinski definition) is 14. The van der Waals surface area contributed by atoms with E-state index in [-0.39, 0.29) is 29.2 Å². The molecule has 0 bridgehead atoms. The molecular formula is C26H28O15. The summed E-state index contributed by atoms with van der Waals surface area (Å²) in [5.41, 5.74) is -1.63. The first-order valence-corrected chi connectivity index (χ1v) is 12.5. The van der Waals surface area contributed by atoms with Crippen molar-refractivity contribution in [1.29, 1.82) is 0 Å². The number of benzene rings is 2. The fourth-order valence-corrected chi connectivity index (χ4v) is 4.84. The van der Waals surface area contributed by atoms with Gasteiger partial charge in [0, 0.05) is 12.1 Å². The van der Waals surface area contributed by atoms with E-state index in [1.807, 2.05) is 0 Å². The van der Waals surface area contributed by atoms with Gasteiger partial charge in [-0.2, -0.15) is 0 Å². The number of carbonyl (C=O) groups is 2. The summed E-state index contributed by atoms with van der Waals surface area (Å²) < 4.78 is 27.3. The minimum Gasteiger partial charge on any atom is -0.508 e. The first kappa shape index (κ1) is 29.0. The lowest BCUT2D eigenvalue weighted by molar-refractivity contribution is -0.306. The normalized spacial score (nSPS) is 35.0. The Morgan fingerprint density at radius 1 is 1.05 bits per heavy atom. The third-order valence-corrected chi connectivity index (χ3v) is 7.15. The predicted molar refractivity (Wildman–Crippen MR) is 130 cm³/mol. The van der Waals surface area contributed by atoms with Crippen LogP contribution in [0.25, 0.3) is 0 Å². The quantitative estimate of drug-likeness (QED) is 0.187. The van der Waals surface area contributed by atoms with Gasteiger partial charge in [-0.3, -0.25) is 4.79 Å². The summed E-state index contributed by atoms with van der Waals surface area (Å²) in [5, 5.41) is 80.8. The second kappa shape index (κ2) is 11.0. The standard InChI is InChI=1S/C26H28O15/c27-8-26(36)9-37-25(22(26)33)40-20-18(31)19(32)24(41-21(20)23(34)35)38-12-5-13(29)17-14(30)7-15(39-16(17)6-12)10-1-3-11(28)4-2-10/h1-6,15,18-22,24-25,27-29,31-33,36H,7-9H2,(H,34,35)/t15-,18-,19-,20+,21+,22+,24-,25+,26+/m1/s1. The van der Waals surface area contributed by atoms with Gasteiger partial charge in [0.25, 0.3) is 0 Å². The number of ketones is 1. The van der Waals surface area contributed by atoms with Crippen molar-refractivity contribution in [1.82, 2.24) is 0 Å². The molecule has 3 aliphatic heterocycles. The molecule has 0 saturated carbocycles. The molecule has 3 heterocycles. The van der Waals surface area contributed by atoms with Crippen molar-refractivity contribution in [3.8, 4) is 23.0 Å². The van der Waals surface area contributed by atoms with Gasteiger partial charge >= 0.3 is 5.97 Å². The number of aliphatic carboxylic acids is 1. The van der Waals surface area contributed by atoms with E-state index < -0.39 is 85.5 Å². The van der Waals surface area contributed by atoms with Crippen molar-refractivity contribution in [2.24, 2.45) is 0 Å². The summed E-state index contributed by atoms with van der Waals surface area (Å²) in [5.74, 6) is -2.85. The number of aliphatic hydroxyl groups excluding tert-OH is 4. The average Bonchev–Trinajstić information content (AvgIpc) is 3.21. The number of carboxylic acid groups (broad SMARTS) is 1. The first-order valence-electron chi connectivity index (χ1n) is 12.5. The maximum absolute atomic E-state index is 12.8. The Kier molecular flexibility index (Phi) is 7.80. The Morgan fingerprint density at radius 2 is 1.76 bits per heavy atom. The number of phenolic OH excluding ortho intramolecular Hbond substituents is 2. The zero-order chi connectivity index (χ0) is 29.6. The van der Waals surface area contributed by atoms with Crippen LogP contribution in [-0.2, 0) is 19.0 Å². The van der Waals surface area contributed by atoms with Crippen molar-refractivity contribution < 1.29 is 74.1 Å². The van der Waals surface area contributed by atoms with Crippen LogP contribution >= 0.6 is 0 Å². The summed E-state index contributed by atoms with van der Waals surface area (Å²) in [6.45, 7) is -1.44. The Hall–Kier alpha value is -3.54. The lowest BCUT2D eigenvalue weighted by atomic mass is 9.95. The number of carbonyl (C=O) groups excluding carboxylic acids is 1. The molecule has 2 saturated heterocycles. The molecule has 0 radical (unpaired) electrons. The van der Waals surface area contributed by atoms with Crippen LogP contribution in [0.1, 0.15) is 28.4 Å². The highest BCUT2D eigenvalue weighted by atomic mass is 16.7. The SMILES string of the molecule is O=C1C[C@H](c2ccc(O)cc2)Oc2cc(O[C@@H]3O[C@H](C(=O)O)[C@@H](O[C@@H]4OC[C@@](O)(CO)[C@H]4O)[C@H](O)[C@H]3O)cc(O)c21. The van der Waals surface area contributed by atoms with Crippen molar-refractivity contribution >= 4 is 11.8 Å². The molecule has 0 unspecified atom stereocenters. The topological polar surface area (TPSA) is 242 Å². The highest BCUT2D eigenvalue weighted by molar-refractivity contribution is 6.02. The molecule has 8 N–H and O–H groups in total. The van der Waals surface area contributed by atoms with E-state index in [4.69, 9.17) is 23.7 Å². The largest absolute Gasteiger partial charge is 0.508 e. The van der Waals surface area contributed by atoms with Crippen LogP contribution < -0.4 is 9.47 Å². The maximum Gasteiger partial charge on any atom is 0.335 e. The highest BCUT2D eigenvalue weighted by Gasteiger charge is 2.55. The lowest BCUT2D eigenvalue weighted by Gasteiger charge is -2.41. The minimum absolute atomic E-state index is 0.0174. The molecule has 0 aliphatic carbocycles. The number of phenols is 2. The van der Waals surface area contributed by atoms with E-state index in [2.05, 4.69) is 0 Å². The van der Waals surface area contributed by atoms with Gasteiger partial charge in [0.15, 0.2) is 18.2 Å². The predicted octanol–water partition coefficient (Wildman–Crippen LogP) is -1.46. The van der Waals surface area contributed by atoms with Crippen LogP contribution in [0.15, 0.2) is 36.4 Å². The van der Waals surface area contributed by atoms with E-state index in [1.54, 1.807) is 12.1 Å². The van der Waals surface area contributed by atoms with E-state index in [9.17, 15) is 50.4 Å². The molecule has 3 aliphatic rings. The third kappa shape index (κ3) is 5.41. The van der Waals surface area contributed by atoms with E-state index in [0.29, 0.717) is 5.56 Å². The molecule has 41 heavy (non-hydrogen) atoms. The number of aromatic hydroxyl groups is 2. The number of Topliss-reactive ketones (excluding diaryl/α,β-unsaturated/α-hetero) is 1. The van der Waals surface area contributed by atoms with Gasteiger partial charge < -0.3 is 64.5 Å². The first-order chi connectivity index (χ1) is 19.4. The van der Waals surface area contributed by atoms with Crippen LogP contribution in [0.3, 0.4) is 0 Å². The molecule has 2 fully saturated rings. The maximum atomic E-state index is 12.8. The van der Waals surface area contributed by atoms with E-state index >= 15 is 0 Å². The molecule has 15 heteroatoms. The fraction of sp³-hybridized carbons (Fsp3) is 0.462. The minimum atomic E-state index is -2.09. The second-order valence-corrected chi connectivity index (χ2v) is 9.99. The summed E-state index contributed by atoms with van der Waals surface area (Å²) >= 11 is 0. The monoisotopic (exact) mass is 580 g/mol. The van der Waals surface area contributed by atoms with Crippen LogP contribution in [0, 0.1) is 0 Å². The molecule has 2 aromatic carbocycles. The van der Waals surface area contributed by atoms with Crippen molar-refractivity contribution in [2.75, 3.05) is 13.2 Å². The molecule has 2 aromatic rings. The summed E-state index contributed by atoms with van der Waals surface area (Å²) in [7, 11) is 0. The van der Waals surface area contributed by atoms with Crippen molar-refractivity contribution in [2.45, 2.75) is 61.2 Å². The Morgan fingerprint density at radius 3 is 2.39 bits per heavy atom. The summed E-state index contributed by atoms with van der Waals surface area (Å²) in [4.78, 5) is 24.7. The number of carboxylic acids is 1. The van der Waals surface area contributed by atoms with Crippen LogP contribution in [0.4, 0.5) is 0 Å². The molecule has 5 rings (SSSR count). The van der Waals surface area contributed by atoms with Crippen molar-refractivity contribution in [3.05, 3.63) is 47.5 Å². The summed E-state index contributed by atoms with van der Waals surface area (Å²) in [6, 6.07) is 8.22. The molecule has 222 valence electrons. The van der Waals surface area contributed by atoms with Crippen LogP contribution in [0.2, 0.25) is 0 Å². The third-order valence-electron chi connectivity index (χ3n) is 7.15. The van der Waals surface area contributed by atoms with Gasteiger partial charge in [0.1, 0.15) is 64.7 Å².